The number of anilines is 1. The Morgan fingerprint density at radius 3 is 2.64 bits per heavy atom. The van der Waals surface area contributed by atoms with Gasteiger partial charge in [-0.3, -0.25) is 4.79 Å². The number of fused-ring (bicyclic) bond motifs is 2. The van der Waals surface area contributed by atoms with Gasteiger partial charge in [0.25, 0.3) is 5.91 Å². The van der Waals surface area contributed by atoms with Gasteiger partial charge in [0.2, 0.25) is 0 Å². The van der Waals surface area contributed by atoms with E-state index in [-0.39, 0.29) is 17.4 Å². The SMILES string of the molecule is Cc1nn(C(C)(C)C)c2nc(C(C)C)cc(C(=O)Nc3cccc(-c4nnc5n4CCCCC5)c3)c12. The van der Waals surface area contributed by atoms with Gasteiger partial charge in [-0.2, -0.15) is 5.10 Å². The lowest BCUT2D eigenvalue weighted by molar-refractivity contribution is 0.102. The number of benzene rings is 1. The molecule has 5 rings (SSSR count). The molecule has 0 fully saturated rings. The number of nitrogens with one attached hydrogen (secondary N) is 1. The Labute approximate surface area is 212 Å². The van der Waals surface area contributed by atoms with E-state index in [1.807, 2.05) is 41.9 Å². The molecule has 0 spiro atoms. The lowest BCUT2D eigenvalue weighted by Crippen LogP contribution is -2.24. The Balaban J connectivity index is 1.53. The van der Waals surface area contributed by atoms with Crippen LogP contribution in [-0.2, 0) is 18.5 Å². The summed E-state index contributed by atoms with van der Waals surface area (Å²) < 4.78 is 4.15. The molecule has 0 unspecified atom stereocenters. The fraction of sp³-hybridized carbons (Fsp3) is 0.464. The van der Waals surface area contributed by atoms with Crippen molar-refractivity contribution in [3.63, 3.8) is 0 Å². The molecule has 36 heavy (non-hydrogen) atoms. The molecule has 1 aromatic carbocycles. The van der Waals surface area contributed by atoms with Crippen LogP contribution in [-0.4, -0.2) is 35.4 Å². The van der Waals surface area contributed by atoms with E-state index in [0.29, 0.717) is 5.56 Å². The molecule has 0 aliphatic carbocycles. The second-order valence-corrected chi connectivity index (χ2v) is 11.1. The molecule has 0 atom stereocenters. The topological polar surface area (TPSA) is 90.5 Å². The van der Waals surface area contributed by atoms with Gasteiger partial charge in [0.1, 0.15) is 5.82 Å². The summed E-state index contributed by atoms with van der Waals surface area (Å²) in [5.41, 5.74) is 4.43. The van der Waals surface area contributed by atoms with Gasteiger partial charge in [0.05, 0.1) is 22.2 Å². The van der Waals surface area contributed by atoms with Gasteiger partial charge in [-0.15, -0.1) is 10.2 Å². The van der Waals surface area contributed by atoms with Crippen LogP contribution in [0.25, 0.3) is 22.4 Å². The van der Waals surface area contributed by atoms with Crippen molar-refractivity contribution in [3.8, 4) is 11.4 Å². The second-order valence-electron chi connectivity index (χ2n) is 11.1. The maximum atomic E-state index is 13.7. The predicted octanol–water partition coefficient (Wildman–Crippen LogP) is 5.86. The molecule has 4 heterocycles. The maximum absolute atomic E-state index is 13.7. The summed E-state index contributed by atoms with van der Waals surface area (Å²) in [5, 5.41) is 17.6. The lowest BCUT2D eigenvalue weighted by atomic mass is 10.0. The van der Waals surface area contributed by atoms with Gasteiger partial charge in [-0.1, -0.05) is 32.4 Å². The first-order chi connectivity index (χ1) is 17.1. The van der Waals surface area contributed by atoms with Gasteiger partial charge < -0.3 is 9.88 Å². The maximum Gasteiger partial charge on any atom is 0.256 e. The number of hydrogen-bond acceptors (Lipinski definition) is 5. The summed E-state index contributed by atoms with van der Waals surface area (Å²) >= 11 is 0. The zero-order chi connectivity index (χ0) is 25.6. The molecule has 3 aromatic heterocycles. The van der Waals surface area contributed by atoms with Crippen molar-refractivity contribution < 1.29 is 4.79 Å². The summed E-state index contributed by atoms with van der Waals surface area (Å²) in [6.45, 7) is 13.3. The van der Waals surface area contributed by atoms with Crippen molar-refractivity contribution in [2.75, 3.05) is 5.32 Å². The first kappa shape index (κ1) is 24.2. The fourth-order valence-corrected chi connectivity index (χ4v) is 4.88. The molecule has 4 aromatic rings. The van der Waals surface area contributed by atoms with Crippen LogP contribution in [0, 0.1) is 6.92 Å². The zero-order valence-electron chi connectivity index (χ0n) is 22.1. The van der Waals surface area contributed by atoms with Crippen molar-refractivity contribution in [1.82, 2.24) is 29.5 Å². The molecular weight excluding hydrogens is 450 g/mol. The molecule has 1 aliphatic heterocycles. The van der Waals surface area contributed by atoms with Crippen LogP contribution >= 0.6 is 0 Å². The van der Waals surface area contributed by atoms with Gasteiger partial charge in [-0.05, 0) is 64.7 Å². The van der Waals surface area contributed by atoms with E-state index >= 15 is 0 Å². The third kappa shape index (κ3) is 4.40. The highest BCUT2D eigenvalue weighted by Gasteiger charge is 2.25. The molecule has 0 saturated heterocycles. The van der Waals surface area contributed by atoms with Crippen LogP contribution in [0.15, 0.2) is 30.3 Å². The number of pyridine rings is 1. The van der Waals surface area contributed by atoms with Crippen molar-refractivity contribution in [2.45, 2.75) is 85.2 Å². The van der Waals surface area contributed by atoms with Gasteiger partial charge in [0, 0.05) is 29.9 Å². The predicted molar refractivity (Wildman–Crippen MR) is 142 cm³/mol. The Bertz CT molecular complexity index is 1440. The smallest absolute Gasteiger partial charge is 0.256 e. The van der Waals surface area contributed by atoms with Crippen molar-refractivity contribution in [2.24, 2.45) is 0 Å². The molecule has 1 N–H and O–H groups in total. The van der Waals surface area contributed by atoms with Crippen LogP contribution in [0.5, 0.6) is 0 Å². The van der Waals surface area contributed by atoms with Crippen LogP contribution in [0.2, 0.25) is 0 Å². The van der Waals surface area contributed by atoms with E-state index in [1.54, 1.807) is 0 Å². The van der Waals surface area contributed by atoms with Gasteiger partial charge in [-0.25, -0.2) is 9.67 Å². The quantitative estimate of drug-likeness (QED) is 0.391. The summed E-state index contributed by atoms with van der Waals surface area (Å²) in [4.78, 5) is 18.6. The molecule has 0 saturated carbocycles. The number of aromatic nitrogens is 6. The minimum atomic E-state index is -0.256. The molecule has 188 valence electrons. The summed E-state index contributed by atoms with van der Waals surface area (Å²) in [6, 6.07) is 9.78. The van der Waals surface area contributed by atoms with Crippen molar-refractivity contribution in [3.05, 3.63) is 53.1 Å². The molecular formula is C28H35N7O. The van der Waals surface area contributed by atoms with E-state index in [0.717, 1.165) is 71.1 Å². The van der Waals surface area contributed by atoms with Crippen LogP contribution in [0.4, 0.5) is 5.69 Å². The molecule has 8 nitrogen and oxygen atoms in total. The van der Waals surface area contributed by atoms with E-state index in [9.17, 15) is 4.79 Å². The number of carbonyl (C=O) groups excluding carboxylic acids is 1. The summed E-state index contributed by atoms with van der Waals surface area (Å²) in [7, 11) is 0. The number of nitrogens with zero attached hydrogens (tertiary/aromatic N) is 6. The highest BCUT2D eigenvalue weighted by atomic mass is 16.1. The van der Waals surface area contributed by atoms with E-state index in [4.69, 9.17) is 10.1 Å². The van der Waals surface area contributed by atoms with Crippen LogP contribution in [0.3, 0.4) is 0 Å². The monoisotopic (exact) mass is 485 g/mol. The molecule has 0 bridgehead atoms. The Hall–Kier alpha value is -3.55. The van der Waals surface area contributed by atoms with Gasteiger partial charge >= 0.3 is 0 Å². The minimum Gasteiger partial charge on any atom is -0.322 e. The number of amides is 1. The average Bonchev–Trinajstić information content (AvgIpc) is 3.30. The Morgan fingerprint density at radius 2 is 1.89 bits per heavy atom. The number of rotatable bonds is 4. The first-order valence-corrected chi connectivity index (χ1v) is 12.9. The highest BCUT2D eigenvalue weighted by molar-refractivity contribution is 6.12. The number of aryl methyl sites for hydroxylation is 2. The lowest BCUT2D eigenvalue weighted by Gasteiger charge is -2.20. The minimum absolute atomic E-state index is 0.168. The van der Waals surface area contributed by atoms with E-state index in [2.05, 4.69) is 54.7 Å². The first-order valence-electron chi connectivity index (χ1n) is 12.9. The Morgan fingerprint density at radius 1 is 1.08 bits per heavy atom. The summed E-state index contributed by atoms with van der Waals surface area (Å²) in [5.74, 6) is 1.91. The highest BCUT2D eigenvalue weighted by Crippen LogP contribution is 2.30. The zero-order valence-corrected chi connectivity index (χ0v) is 22.1. The molecule has 8 heteroatoms. The average molecular weight is 486 g/mol. The van der Waals surface area contributed by atoms with E-state index < -0.39 is 0 Å². The normalized spacial score (nSPS) is 14.2. The third-order valence-corrected chi connectivity index (χ3v) is 6.79. The van der Waals surface area contributed by atoms with Crippen molar-refractivity contribution in [1.29, 1.82) is 0 Å². The molecule has 1 amide bonds. The molecule has 1 aliphatic rings. The van der Waals surface area contributed by atoms with Crippen molar-refractivity contribution >= 4 is 22.6 Å². The Kier molecular flexibility index (Phi) is 6.14. The number of carbonyl (C=O) groups is 1. The van der Waals surface area contributed by atoms with Gasteiger partial charge in [0.15, 0.2) is 11.5 Å². The summed E-state index contributed by atoms with van der Waals surface area (Å²) in [6.07, 6.45) is 4.45. The van der Waals surface area contributed by atoms with E-state index in [1.165, 1.54) is 6.42 Å². The largest absolute Gasteiger partial charge is 0.322 e. The third-order valence-electron chi connectivity index (χ3n) is 6.79. The fourth-order valence-electron chi connectivity index (χ4n) is 4.88. The van der Waals surface area contributed by atoms with Crippen LogP contribution in [0.1, 0.15) is 87.4 Å². The standard InChI is InChI=1S/C28H35N7O/c1-17(2)22-16-21(24-18(3)33-35(26(24)30-22)28(4,5)6)27(36)29-20-12-10-11-19(15-20)25-32-31-23-13-8-7-9-14-34(23)25/h10-12,15-17H,7-9,13-14H2,1-6H3,(H,29,36). The second kappa shape index (κ2) is 9.15. The van der Waals surface area contributed by atoms with Crippen LogP contribution < -0.4 is 5.32 Å². The number of hydrogen-bond donors (Lipinski definition) is 1. The molecule has 0 radical (unpaired) electrons.